The Hall–Kier alpha value is -1.30. The maximum atomic E-state index is 11.1. The smallest absolute Gasteiger partial charge is 0.328 e. The van der Waals surface area contributed by atoms with E-state index in [0.29, 0.717) is 12.5 Å². The van der Waals surface area contributed by atoms with Crippen LogP contribution in [0.3, 0.4) is 0 Å². The fraction of sp³-hybridized carbons (Fsp3) is 0.778. The van der Waals surface area contributed by atoms with Gasteiger partial charge in [-0.05, 0) is 12.3 Å². The third-order valence-electron chi connectivity index (χ3n) is 1.79. The molecule has 0 aliphatic heterocycles. The molecule has 0 aliphatic carbocycles. The molecule has 6 nitrogen and oxygen atoms in total. The SMILES string of the molecule is CC(C)CCNC(=O)N[C@@H](CO)C(=O)O. The van der Waals surface area contributed by atoms with Crippen LogP contribution in [0.2, 0.25) is 0 Å². The highest BCUT2D eigenvalue weighted by Gasteiger charge is 2.17. The van der Waals surface area contributed by atoms with Gasteiger partial charge in [0.15, 0.2) is 6.04 Å². The van der Waals surface area contributed by atoms with E-state index < -0.39 is 24.6 Å². The summed E-state index contributed by atoms with van der Waals surface area (Å²) in [5.41, 5.74) is 0. The van der Waals surface area contributed by atoms with Crippen LogP contribution in [0.4, 0.5) is 4.79 Å². The maximum absolute atomic E-state index is 11.1. The number of rotatable bonds is 6. The minimum atomic E-state index is -1.25. The topological polar surface area (TPSA) is 98.7 Å². The highest BCUT2D eigenvalue weighted by Crippen LogP contribution is 1.96. The molecule has 0 saturated carbocycles. The van der Waals surface area contributed by atoms with Crippen LogP contribution in [-0.2, 0) is 4.79 Å². The number of carboxylic acids is 1. The van der Waals surface area contributed by atoms with Crippen molar-refractivity contribution in [2.75, 3.05) is 13.2 Å². The molecule has 0 rings (SSSR count). The van der Waals surface area contributed by atoms with E-state index in [1.807, 2.05) is 13.8 Å². The fourth-order valence-electron chi connectivity index (χ4n) is 0.869. The first kappa shape index (κ1) is 13.7. The summed E-state index contributed by atoms with van der Waals surface area (Å²) in [6, 6.07) is -1.82. The van der Waals surface area contributed by atoms with Crippen molar-refractivity contribution in [3.8, 4) is 0 Å². The minimum Gasteiger partial charge on any atom is -0.480 e. The second-order valence-electron chi connectivity index (χ2n) is 3.66. The summed E-state index contributed by atoms with van der Waals surface area (Å²) in [5.74, 6) is -0.782. The average molecular weight is 218 g/mol. The van der Waals surface area contributed by atoms with Gasteiger partial charge >= 0.3 is 12.0 Å². The van der Waals surface area contributed by atoms with Gasteiger partial charge in [0.1, 0.15) is 0 Å². The standard InChI is InChI=1S/C9H18N2O4/c1-6(2)3-4-10-9(15)11-7(5-12)8(13)14/h6-7,12H,3-5H2,1-2H3,(H,13,14)(H2,10,11,15)/t7-/m0/s1. The molecule has 15 heavy (non-hydrogen) atoms. The van der Waals surface area contributed by atoms with Crippen LogP contribution in [-0.4, -0.2) is 41.4 Å². The lowest BCUT2D eigenvalue weighted by atomic mass is 10.1. The van der Waals surface area contributed by atoms with E-state index in [4.69, 9.17) is 10.2 Å². The second kappa shape index (κ2) is 7.05. The summed E-state index contributed by atoms with van der Waals surface area (Å²) >= 11 is 0. The molecule has 0 aromatic carbocycles. The summed E-state index contributed by atoms with van der Waals surface area (Å²) in [4.78, 5) is 21.5. The number of carbonyl (C=O) groups excluding carboxylic acids is 1. The van der Waals surface area contributed by atoms with Crippen LogP contribution >= 0.6 is 0 Å². The largest absolute Gasteiger partial charge is 0.480 e. The number of aliphatic hydroxyl groups excluding tert-OH is 1. The predicted octanol–water partition coefficient (Wildman–Crippen LogP) is -0.223. The van der Waals surface area contributed by atoms with Crippen LogP contribution in [0.25, 0.3) is 0 Å². The van der Waals surface area contributed by atoms with Gasteiger partial charge in [0.05, 0.1) is 6.61 Å². The normalized spacial score (nSPS) is 12.3. The van der Waals surface area contributed by atoms with Crippen molar-refractivity contribution in [3.05, 3.63) is 0 Å². The Labute approximate surface area is 88.7 Å². The quantitative estimate of drug-likeness (QED) is 0.495. The summed E-state index contributed by atoms with van der Waals surface area (Å²) < 4.78 is 0. The van der Waals surface area contributed by atoms with Crippen LogP contribution < -0.4 is 10.6 Å². The lowest BCUT2D eigenvalue weighted by Gasteiger charge is -2.13. The Morgan fingerprint density at radius 1 is 1.33 bits per heavy atom. The van der Waals surface area contributed by atoms with E-state index in [1.54, 1.807) is 0 Å². The number of aliphatic hydroxyl groups is 1. The van der Waals surface area contributed by atoms with Crippen molar-refractivity contribution in [2.24, 2.45) is 5.92 Å². The van der Waals surface area contributed by atoms with Crippen LogP contribution in [0.5, 0.6) is 0 Å². The highest BCUT2D eigenvalue weighted by molar-refractivity contribution is 5.82. The van der Waals surface area contributed by atoms with Crippen molar-refractivity contribution in [2.45, 2.75) is 26.3 Å². The van der Waals surface area contributed by atoms with Gasteiger partial charge in [0.25, 0.3) is 0 Å². The lowest BCUT2D eigenvalue weighted by molar-refractivity contribution is -0.140. The zero-order chi connectivity index (χ0) is 11.8. The van der Waals surface area contributed by atoms with Crippen molar-refractivity contribution < 1.29 is 19.8 Å². The molecule has 0 aliphatic rings. The number of carbonyl (C=O) groups is 2. The van der Waals surface area contributed by atoms with Crippen LogP contribution in [0, 0.1) is 5.92 Å². The van der Waals surface area contributed by atoms with Crippen molar-refractivity contribution in [3.63, 3.8) is 0 Å². The van der Waals surface area contributed by atoms with Crippen molar-refractivity contribution in [1.82, 2.24) is 10.6 Å². The van der Waals surface area contributed by atoms with Crippen molar-refractivity contribution in [1.29, 1.82) is 0 Å². The molecule has 0 radical (unpaired) electrons. The first-order chi connectivity index (χ1) is 6.97. The third-order valence-corrected chi connectivity index (χ3v) is 1.79. The van der Waals surface area contributed by atoms with Gasteiger partial charge in [0, 0.05) is 6.54 Å². The number of nitrogens with one attached hydrogen (secondary N) is 2. The fourth-order valence-corrected chi connectivity index (χ4v) is 0.869. The molecule has 0 saturated heterocycles. The molecular weight excluding hydrogens is 200 g/mol. The van der Waals surface area contributed by atoms with Gasteiger partial charge in [-0.2, -0.15) is 0 Å². The van der Waals surface area contributed by atoms with E-state index in [-0.39, 0.29) is 0 Å². The molecule has 1 atom stereocenters. The third kappa shape index (κ3) is 6.73. The summed E-state index contributed by atoms with van der Waals surface area (Å²) in [7, 11) is 0. The molecule has 4 N–H and O–H groups in total. The minimum absolute atomic E-state index is 0.471. The molecular formula is C9H18N2O4. The number of hydrogen-bond donors (Lipinski definition) is 4. The van der Waals surface area contributed by atoms with E-state index >= 15 is 0 Å². The lowest BCUT2D eigenvalue weighted by Crippen LogP contribution is -2.48. The number of aliphatic carboxylic acids is 1. The monoisotopic (exact) mass is 218 g/mol. The average Bonchev–Trinajstić information content (AvgIpc) is 2.13. The molecule has 0 unspecified atom stereocenters. The highest BCUT2D eigenvalue weighted by atomic mass is 16.4. The van der Waals surface area contributed by atoms with Crippen molar-refractivity contribution >= 4 is 12.0 Å². The van der Waals surface area contributed by atoms with E-state index in [1.165, 1.54) is 0 Å². The first-order valence-corrected chi connectivity index (χ1v) is 4.85. The van der Waals surface area contributed by atoms with Crippen LogP contribution in [0.15, 0.2) is 0 Å². The summed E-state index contributed by atoms with van der Waals surface area (Å²) in [6.45, 7) is 3.91. The molecule has 88 valence electrons. The number of carboxylic acid groups (broad SMARTS) is 1. The zero-order valence-electron chi connectivity index (χ0n) is 8.99. The Morgan fingerprint density at radius 3 is 2.33 bits per heavy atom. The van der Waals surface area contributed by atoms with E-state index in [0.717, 1.165) is 6.42 Å². The Kier molecular flexibility index (Phi) is 6.44. The van der Waals surface area contributed by atoms with Crippen LogP contribution in [0.1, 0.15) is 20.3 Å². The maximum Gasteiger partial charge on any atom is 0.328 e. The molecule has 6 heteroatoms. The van der Waals surface area contributed by atoms with Gasteiger partial charge in [-0.1, -0.05) is 13.8 Å². The molecule has 0 heterocycles. The predicted molar refractivity (Wildman–Crippen MR) is 54.5 cm³/mol. The Balaban J connectivity index is 3.77. The molecule has 0 bridgehead atoms. The molecule has 0 aromatic rings. The number of amides is 2. The molecule has 0 fully saturated rings. The van der Waals surface area contributed by atoms with Gasteiger partial charge in [-0.25, -0.2) is 9.59 Å². The first-order valence-electron chi connectivity index (χ1n) is 4.85. The molecule has 2 amide bonds. The number of urea groups is 1. The Morgan fingerprint density at radius 2 is 1.93 bits per heavy atom. The van der Waals surface area contributed by atoms with E-state index in [9.17, 15) is 9.59 Å². The summed E-state index contributed by atoms with van der Waals surface area (Å²) in [5, 5.41) is 21.8. The zero-order valence-corrected chi connectivity index (χ0v) is 8.99. The summed E-state index contributed by atoms with van der Waals surface area (Å²) in [6.07, 6.45) is 0.824. The molecule has 0 spiro atoms. The Bertz CT molecular complexity index is 218. The van der Waals surface area contributed by atoms with E-state index in [2.05, 4.69) is 10.6 Å². The van der Waals surface area contributed by atoms with Gasteiger partial charge in [0.2, 0.25) is 0 Å². The molecule has 0 aromatic heterocycles. The second-order valence-corrected chi connectivity index (χ2v) is 3.66. The van der Waals surface area contributed by atoms with Gasteiger partial charge in [-0.15, -0.1) is 0 Å². The van der Waals surface area contributed by atoms with Gasteiger partial charge < -0.3 is 20.8 Å². The van der Waals surface area contributed by atoms with Gasteiger partial charge in [-0.3, -0.25) is 0 Å². The number of hydrogen-bond acceptors (Lipinski definition) is 3.